The number of rotatable bonds is 2. The number of para-hydroxylation sites is 2. The second-order valence-corrected chi connectivity index (χ2v) is 6.82. The number of nitrogens with one attached hydrogen (secondary N) is 2. The minimum atomic E-state index is -1.84. The van der Waals surface area contributed by atoms with Gasteiger partial charge in [0.05, 0.1) is 10.4 Å². The molecule has 1 aliphatic heterocycles. The zero-order valence-corrected chi connectivity index (χ0v) is 14.1. The molecule has 1 aliphatic rings. The van der Waals surface area contributed by atoms with Crippen molar-refractivity contribution in [1.82, 2.24) is 4.98 Å². The van der Waals surface area contributed by atoms with Crippen LogP contribution >= 0.6 is 11.3 Å². The van der Waals surface area contributed by atoms with Crippen molar-refractivity contribution in [2.24, 2.45) is 0 Å². The van der Waals surface area contributed by atoms with Crippen LogP contribution in [0.25, 0.3) is 10.2 Å². The molecule has 4 rings (SSSR count). The van der Waals surface area contributed by atoms with Crippen LogP contribution in [0.3, 0.4) is 0 Å². The Balaban J connectivity index is 1.64. The SMILES string of the molecule is CC1(C(=O)Nc2nc3c(F)cc(F)cc3s2)Oc2ccccc2NC1=O. The lowest BCUT2D eigenvalue weighted by Crippen LogP contribution is -2.56. The van der Waals surface area contributed by atoms with Gasteiger partial charge in [0.15, 0.2) is 10.9 Å². The third-order valence-electron chi connectivity index (χ3n) is 3.95. The largest absolute Gasteiger partial charge is 0.466 e. The van der Waals surface area contributed by atoms with Gasteiger partial charge >= 0.3 is 0 Å². The fourth-order valence-corrected chi connectivity index (χ4v) is 3.44. The molecule has 3 aromatic rings. The van der Waals surface area contributed by atoms with Gasteiger partial charge in [-0.2, -0.15) is 0 Å². The third-order valence-corrected chi connectivity index (χ3v) is 4.87. The number of benzene rings is 2. The quantitative estimate of drug-likeness (QED) is 0.674. The summed E-state index contributed by atoms with van der Waals surface area (Å²) in [7, 11) is 0. The number of halogens is 2. The predicted molar refractivity (Wildman–Crippen MR) is 92.3 cm³/mol. The van der Waals surface area contributed by atoms with Crippen LogP contribution in [0.15, 0.2) is 36.4 Å². The molecular weight excluding hydrogens is 364 g/mol. The molecule has 0 aliphatic carbocycles. The van der Waals surface area contributed by atoms with Crippen molar-refractivity contribution in [1.29, 1.82) is 0 Å². The lowest BCUT2D eigenvalue weighted by Gasteiger charge is -2.32. The molecule has 0 bridgehead atoms. The highest BCUT2D eigenvalue weighted by atomic mass is 32.1. The number of hydrogen-bond donors (Lipinski definition) is 2. The number of hydrogen-bond acceptors (Lipinski definition) is 5. The van der Waals surface area contributed by atoms with E-state index in [1.54, 1.807) is 24.3 Å². The van der Waals surface area contributed by atoms with Gasteiger partial charge in [-0.25, -0.2) is 13.8 Å². The number of thiazole rings is 1. The van der Waals surface area contributed by atoms with Crippen LogP contribution in [0.1, 0.15) is 6.92 Å². The number of nitrogens with zero attached hydrogens (tertiary/aromatic N) is 1. The van der Waals surface area contributed by atoms with Gasteiger partial charge in [0.2, 0.25) is 0 Å². The molecule has 2 amide bonds. The number of carbonyl (C=O) groups excluding carboxylic acids is 2. The fourth-order valence-electron chi connectivity index (χ4n) is 2.54. The van der Waals surface area contributed by atoms with Crippen LogP contribution in [0.2, 0.25) is 0 Å². The third kappa shape index (κ3) is 2.57. The van der Waals surface area contributed by atoms with Crippen molar-refractivity contribution in [2.75, 3.05) is 10.6 Å². The molecule has 6 nitrogen and oxygen atoms in total. The van der Waals surface area contributed by atoms with Gasteiger partial charge in [-0.3, -0.25) is 14.9 Å². The molecule has 132 valence electrons. The Morgan fingerprint density at radius 3 is 2.88 bits per heavy atom. The first kappa shape index (κ1) is 16.4. The summed E-state index contributed by atoms with van der Waals surface area (Å²) in [5, 5.41) is 5.09. The maximum absolute atomic E-state index is 13.8. The van der Waals surface area contributed by atoms with Crippen molar-refractivity contribution >= 4 is 44.2 Å². The summed E-state index contributed by atoms with van der Waals surface area (Å²) < 4.78 is 32.9. The lowest BCUT2D eigenvalue weighted by molar-refractivity contribution is -0.143. The van der Waals surface area contributed by atoms with Gasteiger partial charge in [0.25, 0.3) is 17.4 Å². The van der Waals surface area contributed by atoms with Gasteiger partial charge in [0, 0.05) is 6.07 Å². The Kier molecular flexibility index (Phi) is 3.62. The van der Waals surface area contributed by atoms with Crippen molar-refractivity contribution < 1.29 is 23.1 Å². The Morgan fingerprint density at radius 1 is 1.31 bits per heavy atom. The van der Waals surface area contributed by atoms with Gasteiger partial charge in [-0.15, -0.1) is 0 Å². The van der Waals surface area contributed by atoms with E-state index in [0.29, 0.717) is 17.5 Å². The molecule has 9 heteroatoms. The van der Waals surface area contributed by atoms with E-state index in [4.69, 9.17) is 4.74 Å². The van der Waals surface area contributed by atoms with Gasteiger partial charge in [-0.1, -0.05) is 23.5 Å². The molecular formula is C17H11F2N3O3S. The maximum atomic E-state index is 13.8. The number of anilines is 2. The Bertz CT molecular complexity index is 1070. The summed E-state index contributed by atoms with van der Waals surface area (Å²) in [4.78, 5) is 28.9. The Hall–Kier alpha value is -3.07. The van der Waals surface area contributed by atoms with E-state index in [9.17, 15) is 18.4 Å². The minimum Gasteiger partial charge on any atom is -0.466 e. The van der Waals surface area contributed by atoms with Crippen LogP contribution in [0.5, 0.6) is 5.75 Å². The first-order valence-corrected chi connectivity index (χ1v) is 8.35. The molecule has 1 atom stereocenters. The summed E-state index contributed by atoms with van der Waals surface area (Å²) in [5.74, 6) is -2.64. The van der Waals surface area contributed by atoms with E-state index in [1.807, 2.05) is 0 Å². The highest BCUT2D eigenvalue weighted by Gasteiger charge is 2.47. The smallest absolute Gasteiger partial charge is 0.280 e. The van der Waals surface area contributed by atoms with E-state index in [-0.39, 0.29) is 15.3 Å². The van der Waals surface area contributed by atoms with E-state index < -0.39 is 29.0 Å². The summed E-state index contributed by atoms with van der Waals surface area (Å²) >= 11 is 0.893. The molecule has 0 spiro atoms. The molecule has 2 heterocycles. The van der Waals surface area contributed by atoms with Crippen molar-refractivity contribution in [3.63, 3.8) is 0 Å². The van der Waals surface area contributed by atoms with Crippen molar-refractivity contribution in [3.8, 4) is 5.75 Å². The van der Waals surface area contributed by atoms with E-state index in [2.05, 4.69) is 15.6 Å². The molecule has 0 saturated heterocycles. The average molecular weight is 375 g/mol. The standard InChI is InChI=1S/C17H11F2N3O3S/c1-17(14(23)20-10-4-2-3-5-11(10)25-17)15(24)22-16-21-13-9(19)6-8(18)7-12(13)26-16/h2-7H,1H3,(H,20,23)(H,21,22,24). The number of aromatic nitrogens is 1. The molecule has 0 fully saturated rings. The summed E-state index contributed by atoms with van der Waals surface area (Å²) in [6.45, 7) is 1.32. The molecule has 0 saturated carbocycles. The highest BCUT2D eigenvalue weighted by Crippen LogP contribution is 2.35. The van der Waals surface area contributed by atoms with Crippen LogP contribution < -0.4 is 15.4 Å². The number of carbonyl (C=O) groups is 2. The molecule has 2 aromatic carbocycles. The van der Waals surface area contributed by atoms with E-state index in [0.717, 1.165) is 17.4 Å². The number of ether oxygens (including phenoxy) is 1. The average Bonchev–Trinajstić information content (AvgIpc) is 2.98. The van der Waals surface area contributed by atoms with E-state index >= 15 is 0 Å². The first-order chi connectivity index (χ1) is 12.4. The second kappa shape index (κ2) is 5.73. The monoisotopic (exact) mass is 375 g/mol. The van der Waals surface area contributed by atoms with Gasteiger partial charge in [0.1, 0.15) is 17.1 Å². The molecule has 26 heavy (non-hydrogen) atoms. The molecule has 1 unspecified atom stereocenters. The van der Waals surface area contributed by atoms with Gasteiger partial charge in [-0.05, 0) is 25.1 Å². The zero-order chi connectivity index (χ0) is 18.5. The normalized spacial score (nSPS) is 18.8. The predicted octanol–water partition coefficient (Wildman–Crippen LogP) is 3.30. The summed E-state index contributed by atoms with van der Waals surface area (Å²) in [6, 6.07) is 8.53. The maximum Gasteiger partial charge on any atom is 0.280 e. The van der Waals surface area contributed by atoms with Crippen molar-refractivity contribution in [2.45, 2.75) is 12.5 Å². The zero-order valence-electron chi connectivity index (χ0n) is 13.3. The van der Waals surface area contributed by atoms with Crippen molar-refractivity contribution in [3.05, 3.63) is 48.0 Å². The Labute approximate surface area is 149 Å². The van der Waals surface area contributed by atoms with Crippen LogP contribution in [-0.2, 0) is 9.59 Å². The molecule has 1 aromatic heterocycles. The topological polar surface area (TPSA) is 80.3 Å². The second-order valence-electron chi connectivity index (χ2n) is 5.79. The van der Waals surface area contributed by atoms with Crippen LogP contribution in [0, 0.1) is 11.6 Å². The number of amides is 2. The molecule has 2 N–H and O–H groups in total. The lowest BCUT2D eigenvalue weighted by atomic mass is 10.0. The summed E-state index contributed by atoms with van der Waals surface area (Å²) in [6.07, 6.45) is 0. The summed E-state index contributed by atoms with van der Waals surface area (Å²) in [5.41, 5.74) is -1.44. The van der Waals surface area contributed by atoms with E-state index in [1.165, 1.54) is 6.92 Å². The van der Waals surface area contributed by atoms with Gasteiger partial charge < -0.3 is 10.1 Å². The first-order valence-electron chi connectivity index (χ1n) is 7.53. The minimum absolute atomic E-state index is 0.0333. The number of fused-ring (bicyclic) bond motifs is 2. The highest BCUT2D eigenvalue weighted by molar-refractivity contribution is 7.22. The van der Waals surface area contributed by atoms with Crippen LogP contribution in [0.4, 0.5) is 19.6 Å². The van der Waals surface area contributed by atoms with Crippen LogP contribution in [-0.4, -0.2) is 22.4 Å². The Morgan fingerprint density at radius 2 is 2.08 bits per heavy atom. The molecule has 0 radical (unpaired) electrons. The fraction of sp³-hybridized carbons (Fsp3) is 0.118.